The second-order valence-corrected chi connectivity index (χ2v) is 4.27. The Kier molecular flexibility index (Phi) is 4.74. The highest BCUT2D eigenvalue weighted by Gasteiger charge is 2.33. The molecule has 0 unspecified atom stereocenters. The number of rotatable bonds is 5. The second-order valence-electron chi connectivity index (χ2n) is 4.27. The van der Waals surface area contributed by atoms with E-state index >= 15 is 0 Å². The highest BCUT2D eigenvalue weighted by atomic mass is 19.4. The maximum Gasteiger partial charge on any atom is 0.433 e. The number of alkyl halides is 3. The van der Waals surface area contributed by atoms with Crippen molar-refractivity contribution < 1.29 is 23.1 Å². The lowest BCUT2D eigenvalue weighted by Gasteiger charge is -2.21. The van der Waals surface area contributed by atoms with E-state index in [4.69, 9.17) is 5.11 Å². The number of anilines is 1. The highest BCUT2D eigenvalue weighted by molar-refractivity contribution is 5.77. The maximum atomic E-state index is 12.5. The summed E-state index contributed by atoms with van der Waals surface area (Å²) >= 11 is 0. The third kappa shape index (κ3) is 4.11. The topological polar surface area (TPSA) is 62.2 Å². The molecule has 7 heteroatoms. The number of carboxylic acid groups (broad SMARTS) is 1. The lowest BCUT2D eigenvalue weighted by molar-refractivity contribution is -0.141. The van der Waals surface area contributed by atoms with Crippen LogP contribution in [0.2, 0.25) is 0 Å². The Balaban J connectivity index is 2.95. The Morgan fingerprint density at radius 3 is 2.63 bits per heavy atom. The second kappa shape index (κ2) is 5.90. The molecule has 0 radical (unpaired) electrons. The van der Waals surface area contributed by atoms with E-state index in [1.54, 1.807) is 6.92 Å². The van der Waals surface area contributed by atoms with Crippen LogP contribution in [-0.2, 0) is 11.0 Å². The molecule has 0 fully saturated rings. The van der Waals surface area contributed by atoms with Crippen molar-refractivity contribution in [3.05, 3.63) is 24.0 Å². The first kappa shape index (κ1) is 15.3. The average molecular weight is 276 g/mol. The number of aromatic nitrogens is 1. The number of halogens is 3. The number of carbonyl (C=O) groups is 1. The van der Waals surface area contributed by atoms with Gasteiger partial charge in [-0.3, -0.25) is 4.98 Å². The first-order valence-corrected chi connectivity index (χ1v) is 5.78. The fraction of sp³-hybridized carbons (Fsp3) is 0.500. The molecular weight excluding hydrogens is 261 g/mol. The van der Waals surface area contributed by atoms with Gasteiger partial charge in [0.15, 0.2) is 0 Å². The van der Waals surface area contributed by atoms with E-state index < -0.39 is 23.9 Å². The zero-order chi connectivity index (χ0) is 14.6. The van der Waals surface area contributed by atoms with Crippen LogP contribution in [0.15, 0.2) is 18.3 Å². The van der Waals surface area contributed by atoms with Crippen molar-refractivity contribution >= 4 is 11.7 Å². The number of nitrogens with one attached hydrogen (secondary N) is 1. The average Bonchev–Trinajstić information content (AvgIpc) is 2.34. The van der Waals surface area contributed by atoms with Gasteiger partial charge in [0.1, 0.15) is 11.7 Å². The van der Waals surface area contributed by atoms with E-state index in [0.717, 1.165) is 12.3 Å². The van der Waals surface area contributed by atoms with Gasteiger partial charge in [0, 0.05) is 11.9 Å². The van der Waals surface area contributed by atoms with Crippen LogP contribution >= 0.6 is 0 Å². The molecule has 0 bridgehead atoms. The summed E-state index contributed by atoms with van der Waals surface area (Å²) in [7, 11) is 0. The van der Waals surface area contributed by atoms with E-state index in [-0.39, 0.29) is 11.6 Å². The van der Waals surface area contributed by atoms with Crippen molar-refractivity contribution in [3.63, 3.8) is 0 Å². The van der Waals surface area contributed by atoms with E-state index in [1.807, 2.05) is 6.92 Å². The minimum absolute atomic E-state index is 0.0926. The minimum Gasteiger partial charge on any atom is -0.480 e. The Labute approximate surface area is 108 Å². The largest absolute Gasteiger partial charge is 0.480 e. The van der Waals surface area contributed by atoms with Crippen LogP contribution in [-0.4, -0.2) is 22.1 Å². The van der Waals surface area contributed by atoms with E-state index in [1.165, 1.54) is 6.07 Å². The van der Waals surface area contributed by atoms with Crippen LogP contribution in [0.25, 0.3) is 0 Å². The molecule has 1 aromatic rings. The van der Waals surface area contributed by atoms with Crippen molar-refractivity contribution in [1.29, 1.82) is 0 Å². The smallest absolute Gasteiger partial charge is 0.433 e. The van der Waals surface area contributed by atoms with Crippen LogP contribution in [0, 0.1) is 5.92 Å². The van der Waals surface area contributed by atoms with Crippen LogP contribution in [0.5, 0.6) is 0 Å². The van der Waals surface area contributed by atoms with E-state index in [9.17, 15) is 18.0 Å². The van der Waals surface area contributed by atoms with Gasteiger partial charge in [0.2, 0.25) is 0 Å². The first-order valence-electron chi connectivity index (χ1n) is 5.78. The molecule has 0 saturated carbocycles. The molecule has 0 aliphatic heterocycles. The third-order valence-electron chi connectivity index (χ3n) is 2.85. The van der Waals surface area contributed by atoms with Crippen molar-refractivity contribution in [2.75, 3.05) is 5.32 Å². The number of nitrogens with zero attached hydrogens (tertiary/aromatic N) is 1. The number of aliphatic carboxylic acids is 1. The summed E-state index contributed by atoms with van der Waals surface area (Å²) in [4.78, 5) is 14.3. The third-order valence-corrected chi connectivity index (χ3v) is 2.85. The molecule has 19 heavy (non-hydrogen) atoms. The predicted octanol–water partition coefficient (Wildman–Crippen LogP) is 3.01. The van der Waals surface area contributed by atoms with E-state index in [2.05, 4.69) is 10.3 Å². The van der Waals surface area contributed by atoms with Gasteiger partial charge in [0.25, 0.3) is 0 Å². The van der Waals surface area contributed by atoms with Gasteiger partial charge in [-0.2, -0.15) is 13.2 Å². The number of pyridine rings is 1. The molecule has 0 saturated heterocycles. The van der Waals surface area contributed by atoms with Gasteiger partial charge in [0.05, 0.1) is 0 Å². The summed E-state index contributed by atoms with van der Waals surface area (Å²) in [6.07, 6.45) is -2.95. The normalized spacial score (nSPS) is 14.8. The number of hydrogen-bond donors (Lipinski definition) is 2. The fourth-order valence-electron chi connectivity index (χ4n) is 1.54. The molecule has 0 amide bonds. The summed E-state index contributed by atoms with van der Waals surface area (Å²) in [5, 5.41) is 11.7. The molecule has 1 heterocycles. The summed E-state index contributed by atoms with van der Waals surface area (Å²) < 4.78 is 37.4. The van der Waals surface area contributed by atoms with Gasteiger partial charge >= 0.3 is 12.1 Å². The van der Waals surface area contributed by atoms with Crippen LogP contribution in [0.3, 0.4) is 0 Å². The van der Waals surface area contributed by atoms with Crippen molar-refractivity contribution in [2.24, 2.45) is 5.92 Å². The van der Waals surface area contributed by atoms with Gasteiger partial charge < -0.3 is 10.4 Å². The zero-order valence-corrected chi connectivity index (χ0v) is 10.5. The Bertz CT molecular complexity index is 449. The summed E-state index contributed by atoms with van der Waals surface area (Å²) in [6.45, 7) is 3.54. The summed E-state index contributed by atoms with van der Waals surface area (Å²) in [5.74, 6) is -1.31. The van der Waals surface area contributed by atoms with E-state index in [0.29, 0.717) is 6.42 Å². The van der Waals surface area contributed by atoms with Crippen LogP contribution in [0.1, 0.15) is 26.0 Å². The molecular formula is C12H15F3N2O2. The number of carboxylic acids is 1. The molecule has 0 aliphatic carbocycles. The highest BCUT2D eigenvalue weighted by Crippen LogP contribution is 2.29. The van der Waals surface area contributed by atoms with Crippen molar-refractivity contribution in [3.8, 4) is 0 Å². The standard InChI is InChI=1S/C12H15F3N2O2/c1-3-7(2)10(11(18)19)17-8-4-5-16-9(6-8)12(13,14)15/h4-7,10H,3H2,1-2H3,(H,16,17)(H,18,19)/t7-,10-/m0/s1. The van der Waals surface area contributed by atoms with Crippen molar-refractivity contribution in [2.45, 2.75) is 32.5 Å². The molecule has 2 N–H and O–H groups in total. The maximum absolute atomic E-state index is 12.5. The van der Waals surface area contributed by atoms with Crippen LogP contribution < -0.4 is 5.32 Å². The lowest BCUT2D eigenvalue weighted by Crippen LogP contribution is -2.35. The predicted molar refractivity (Wildman–Crippen MR) is 63.7 cm³/mol. The molecule has 2 atom stereocenters. The van der Waals surface area contributed by atoms with Gasteiger partial charge in [-0.05, 0) is 18.1 Å². The van der Waals surface area contributed by atoms with Gasteiger partial charge in [-0.15, -0.1) is 0 Å². The van der Waals surface area contributed by atoms with Crippen molar-refractivity contribution in [1.82, 2.24) is 4.98 Å². The quantitative estimate of drug-likeness (QED) is 0.867. The molecule has 1 aromatic heterocycles. The Morgan fingerprint density at radius 2 is 2.16 bits per heavy atom. The van der Waals surface area contributed by atoms with Crippen LogP contribution in [0.4, 0.5) is 18.9 Å². The minimum atomic E-state index is -4.55. The Morgan fingerprint density at radius 1 is 1.53 bits per heavy atom. The molecule has 0 aliphatic rings. The first-order chi connectivity index (χ1) is 8.75. The zero-order valence-electron chi connectivity index (χ0n) is 10.5. The lowest BCUT2D eigenvalue weighted by atomic mass is 9.99. The van der Waals surface area contributed by atoms with Gasteiger partial charge in [-0.25, -0.2) is 4.79 Å². The SMILES string of the molecule is CC[C@H](C)[C@H](Nc1ccnc(C(F)(F)F)c1)C(=O)O. The fourth-order valence-corrected chi connectivity index (χ4v) is 1.54. The Hall–Kier alpha value is -1.79. The monoisotopic (exact) mass is 276 g/mol. The molecule has 0 aromatic carbocycles. The molecule has 4 nitrogen and oxygen atoms in total. The van der Waals surface area contributed by atoms with Gasteiger partial charge in [-0.1, -0.05) is 20.3 Å². The molecule has 0 spiro atoms. The molecule has 1 rings (SSSR count). The number of hydrogen-bond acceptors (Lipinski definition) is 3. The molecule has 106 valence electrons. The summed E-state index contributed by atoms with van der Waals surface area (Å²) in [5.41, 5.74) is -0.958. The summed E-state index contributed by atoms with van der Waals surface area (Å²) in [6, 6.07) is 1.18.